The summed E-state index contributed by atoms with van der Waals surface area (Å²) in [5, 5.41) is 9.22. The molecule has 0 saturated carbocycles. The minimum atomic E-state index is -0.670. The maximum absolute atomic E-state index is 12.5. The number of hydrogen-bond acceptors (Lipinski definition) is 3. The molecule has 5 nitrogen and oxygen atoms in total. The van der Waals surface area contributed by atoms with E-state index in [1.807, 2.05) is 18.7 Å². The number of anilines is 1. The van der Waals surface area contributed by atoms with Gasteiger partial charge in [0.05, 0.1) is 5.92 Å². The Hall–Kier alpha value is -1.88. The van der Waals surface area contributed by atoms with Crippen LogP contribution in [0, 0.1) is 11.8 Å². The fraction of sp³-hybridized carbons (Fsp3) is 0.619. The lowest BCUT2D eigenvalue weighted by molar-refractivity contribution is -0.143. The number of aliphatic carboxylic acids is 1. The number of likely N-dealkylation sites (tertiary alicyclic amines) is 1. The lowest BCUT2D eigenvalue weighted by atomic mass is 9.97. The molecule has 2 aliphatic rings. The number of benzene rings is 1. The maximum atomic E-state index is 12.5. The Kier molecular flexibility index (Phi) is 5.66. The Bertz CT molecular complexity index is 686. The van der Waals surface area contributed by atoms with Crippen molar-refractivity contribution in [3.05, 3.63) is 29.3 Å². The first-order valence-electron chi connectivity index (χ1n) is 9.77. The average Bonchev–Trinajstić information content (AvgIpc) is 2.94. The topological polar surface area (TPSA) is 60.9 Å². The fourth-order valence-corrected chi connectivity index (χ4v) is 4.20. The van der Waals surface area contributed by atoms with Gasteiger partial charge in [0.25, 0.3) is 0 Å². The molecule has 26 heavy (non-hydrogen) atoms. The molecule has 3 rings (SSSR count). The Morgan fingerprint density at radius 1 is 1.31 bits per heavy atom. The van der Waals surface area contributed by atoms with E-state index in [4.69, 9.17) is 0 Å². The second kappa shape index (κ2) is 7.78. The number of carbonyl (C=O) groups is 2. The summed E-state index contributed by atoms with van der Waals surface area (Å²) < 4.78 is 0. The van der Waals surface area contributed by atoms with Crippen LogP contribution in [0.4, 0.5) is 5.69 Å². The summed E-state index contributed by atoms with van der Waals surface area (Å²) in [4.78, 5) is 27.9. The van der Waals surface area contributed by atoms with Gasteiger partial charge in [-0.1, -0.05) is 26.0 Å². The van der Waals surface area contributed by atoms with Gasteiger partial charge in [-0.25, -0.2) is 0 Å². The van der Waals surface area contributed by atoms with Gasteiger partial charge >= 0.3 is 5.97 Å². The van der Waals surface area contributed by atoms with Crippen LogP contribution in [0.25, 0.3) is 0 Å². The number of carboxylic acids is 1. The van der Waals surface area contributed by atoms with Crippen molar-refractivity contribution in [1.29, 1.82) is 0 Å². The fourth-order valence-electron chi connectivity index (χ4n) is 4.20. The van der Waals surface area contributed by atoms with Crippen LogP contribution in [-0.2, 0) is 22.4 Å². The van der Waals surface area contributed by atoms with Crippen molar-refractivity contribution in [2.24, 2.45) is 11.8 Å². The zero-order chi connectivity index (χ0) is 18.8. The number of amides is 1. The Balaban J connectivity index is 1.64. The van der Waals surface area contributed by atoms with Crippen molar-refractivity contribution in [1.82, 2.24) is 4.90 Å². The van der Waals surface area contributed by atoms with E-state index < -0.39 is 5.97 Å². The smallest absolute Gasteiger partial charge is 0.307 e. The molecule has 0 aliphatic carbocycles. The summed E-state index contributed by atoms with van der Waals surface area (Å²) in [5.41, 5.74) is 3.59. The van der Waals surface area contributed by atoms with Gasteiger partial charge in [-0.15, -0.1) is 0 Å². The highest BCUT2D eigenvalue weighted by molar-refractivity contribution is 5.97. The van der Waals surface area contributed by atoms with Gasteiger partial charge in [0.15, 0.2) is 0 Å². The van der Waals surface area contributed by atoms with E-state index in [2.05, 4.69) is 30.0 Å². The van der Waals surface area contributed by atoms with Crippen LogP contribution in [0.3, 0.4) is 0 Å². The summed E-state index contributed by atoms with van der Waals surface area (Å²) in [7, 11) is 0. The van der Waals surface area contributed by atoms with E-state index in [9.17, 15) is 14.7 Å². The minimum Gasteiger partial charge on any atom is -0.481 e. The van der Waals surface area contributed by atoms with E-state index in [0.717, 1.165) is 44.5 Å². The number of fused-ring (bicyclic) bond motifs is 1. The van der Waals surface area contributed by atoms with Gasteiger partial charge in [0.1, 0.15) is 0 Å². The van der Waals surface area contributed by atoms with E-state index in [1.54, 1.807) is 0 Å². The number of rotatable bonds is 5. The summed E-state index contributed by atoms with van der Waals surface area (Å²) in [6.45, 7) is 8.55. The van der Waals surface area contributed by atoms with Crippen molar-refractivity contribution >= 4 is 17.6 Å². The highest BCUT2D eigenvalue weighted by Gasteiger charge is 2.32. The Labute approximate surface area is 156 Å². The van der Waals surface area contributed by atoms with Gasteiger partial charge < -0.3 is 14.9 Å². The van der Waals surface area contributed by atoms with Crippen molar-refractivity contribution in [3.8, 4) is 0 Å². The van der Waals surface area contributed by atoms with E-state index in [-0.39, 0.29) is 23.8 Å². The molecular formula is C21H30N2O3. The van der Waals surface area contributed by atoms with Crippen molar-refractivity contribution in [3.63, 3.8) is 0 Å². The molecule has 1 aromatic rings. The van der Waals surface area contributed by atoms with Gasteiger partial charge in [-0.2, -0.15) is 0 Å². The van der Waals surface area contributed by atoms with Gasteiger partial charge in [0.2, 0.25) is 5.91 Å². The average molecular weight is 358 g/mol. The molecule has 5 heteroatoms. The summed E-state index contributed by atoms with van der Waals surface area (Å²) in [5.74, 6) is -0.697. The third-order valence-corrected chi connectivity index (χ3v) is 5.66. The molecule has 2 unspecified atom stereocenters. The number of hydrogen-bond donors (Lipinski definition) is 1. The lowest BCUT2D eigenvalue weighted by Gasteiger charge is -2.30. The summed E-state index contributed by atoms with van der Waals surface area (Å²) in [6, 6.07) is 6.66. The number of nitrogens with zero attached hydrogens (tertiary/aromatic N) is 2. The molecule has 0 spiro atoms. The minimum absolute atomic E-state index is 0.00404. The zero-order valence-electron chi connectivity index (χ0n) is 16.1. The van der Waals surface area contributed by atoms with Crippen molar-refractivity contribution in [2.75, 3.05) is 24.5 Å². The first-order valence-corrected chi connectivity index (χ1v) is 9.77. The zero-order valence-corrected chi connectivity index (χ0v) is 16.1. The summed E-state index contributed by atoms with van der Waals surface area (Å²) >= 11 is 0. The second-order valence-corrected chi connectivity index (χ2v) is 8.11. The molecular weight excluding hydrogens is 328 g/mol. The van der Waals surface area contributed by atoms with Crippen LogP contribution < -0.4 is 4.90 Å². The molecule has 2 aliphatic heterocycles. The predicted octanol–water partition coefficient (Wildman–Crippen LogP) is 2.96. The molecule has 1 fully saturated rings. The normalized spacial score (nSPS) is 23.3. The van der Waals surface area contributed by atoms with Crippen LogP contribution in [0.5, 0.6) is 0 Å². The van der Waals surface area contributed by atoms with E-state index in [1.165, 1.54) is 11.1 Å². The van der Waals surface area contributed by atoms with Crippen LogP contribution in [-0.4, -0.2) is 47.6 Å². The molecule has 0 radical (unpaired) electrons. The van der Waals surface area contributed by atoms with Gasteiger partial charge in [-0.05, 0) is 56.3 Å². The van der Waals surface area contributed by atoms with Crippen LogP contribution in [0.15, 0.2) is 18.2 Å². The van der Waals surface area contributed by atoms with Crippen molar-refractivity contribution in [2.45, 2.75) is 52.5 Å². The highest BCUT2D eigenvalue weighted by atomic mass is 16.4. The molecule has 142 valence electrons. The lowest BCUT2D eigenvalue weighted by Crippen LogP contribution is -2.39. The first-order chi connectivity index (χ1) is 12.4. The largest absolute Gasteiger partial charge is 0.481 e. The number of piperidine rings is 1. The second-order valence-electron chi connectivity index (χ2n) is 8.11. The van der Waals surface area contributed by atoms with Gasteiger partial charge in [-0.3, -0.25) is 9.59 Å². The molecule has 0 bridgehead atoms. The predicted molar refractivity (Wildman–Crippen MR) is 102 cm³/mol. The quantitative estimate of drug-likeness (QED) is 0.879. The molecule has 1 N–H and O–H groups in total. The molecule has 1 aromatic carbocycles. The first kappa shape index (κ1) is 18.9. The van der Waals surface area contributed by atoms with Crippen molar-refractivity contribution < 1.29 is 14.7 Å². The van der Waals surface area contributed by atoms with E-state index >= 15 is 0 Å². The van der Waals surface area contributed by atoms with Crippen LogP contribution in [0.2, 0.25) is 0 Å². The van der Waals surface area contributed by atoms with E-state index in [0.29, 0.717) is 6.54 Å². The number of carboxylic acid groups (broad SMARTS) is 1. The monoisotopic (exact) mass is 358 g/mol. The third kappa shape index (κ3) is 3.93. The summed E-state index contributed by atoms with van der Waals surface area (Å²) in [6.07, 6.45) is 3.59. The Morgan fingerprint density at radius 2 is 2.08 bits per heavy atom. The molecule has 2 atom stereocenters. The SMILES string of the molecule is CC(C)C(=O)N1c2ccc(CCN3CCCC(C(=O)O)C3)cc2CC1C. The standard InChI is InChI=1S/C21H30N2O3/c1-14(2)20(24)23-15(3)11-18-12-16(6-7-19(18)23)8-10-22-9-4-5-17(13-22)21(25)26/h6-7,12,14-15,17H,4-5,8-11,13H2,1-3H3,(H,25,26). The third-order valence-electron chi connectivity index (χ3n) is 5.66. The van der Waals surface area contributed by atoms with Crippen LogP contribution >= 0.6 is 0 Å². The number of carbonyl (C=O) groups excluding carboxylic acids is 1. The maximum Gasteiger partial charge on any atom is 0.307 e. The Morgan fingerprint density at radius 3 is 2.77 bits per heavy atom. The molecule has 0 aromatic heterocycles. The highest BCUT2D eigenvalue weighted by Crippen LogP contribution is 2.34. The molecule has 1 amide bonds. The van der Waals surface area contributed by atoms with Crippen LogP contribution in [0.1, 0.15) is 44.7 Å². The molecule has 1 saturated heterocycles. The molecule has 2 heterocycles. The van der Waals surface area contributed by atoms with Gasteiger partial charge in [0, 0.05) is 30.7 Å².